The van der Waals surface area contributed by atoms with Crippen molar-refractivity contribution in [2.75, 3.05) is 19.6 Å². The molecule has 0 radical (unpaired) electrons. The van der Waals surface area contributed by atoms with Crippen molar-refractivity contribution in [1.29, 1.82) is 0 Å². The van der Waals surface area contributed by atoms with Gasteiger partial charge in [-0.3, -0.25) is 0 Å². The summed E-state index contributed by atoms with van der Waals surface area (Å²) < 4.78 is 1.27. The number of halogens is 2. The normalized spacial score (nSPS) is 26.9. The molecule has 3 heteroatoms. The summed E-state index contributed by atoms with van der Waals surface area (Å²) in [5.74, 6) is 1.53. The molecule has 0 saturated carbocycles. The molecule has 1 heterocycles. The fourth-order valence-corrected chi connectivity index (χ4v) is 4.82. The Morgan fingerprint density at radius 2 is 2.21 bits per heavy atom. The summed E-state index contributed by atoms with van der Waals surface area (Å²) in [5.41, 5.74) is 2.92. The number of benzene rings is 1. The summed E-state index contributed by atoms with van der Waals surface area (Å²) in [6.45, 7) is 6.05. The Bertz CT molecular complexity index is 474. The molecule has 1 aromatic rings. The Hall–Kier alpha value is -0.0500. The van der Waals surface area contributed by atoms with E-state index in [2.05, 4.69) is 33.8 Å². The Morgan fingerprint density at radius 1 is 1.37 bits per heavy atom. The van der Waals surface area contributed by atoms with E-state index in [1.54, 1.807) is 0 Å². The van der Waals surface area contributed by atoms with E-state index in [1.165, 1.54) is 54.5 Å². The predicted molar refractivity (Wildman–Crippen MR) is 85.1 cm³/mol. The molecule has 1 aliphatic heterocycles. The van der Waals surface area contributed by atoms with Gasteiger partial charge in [0.05, 0.1) is 0 Å². The largest absolute Gasteiger partial charge is 0.303 e. The van der Waals surface area contributed by atoms with Crippen molar-refractivity contribution >= 4 is 27.5 Å². The summed E-state index contributed by atoms with van der Waals surface area (Å²) in [6, 6.07) is 4.17. The van der Waals surface area contributed by atoms with Gasteiger partial charge in [0.2, 0.25) is 0 Å². The molecule has 2 atom stereocenters. The lowest BCUT2D eigenvalue weighted by atomic mass is 9.71. The minimum absolute atomic E-state index is 0.713. The lowest BCUT2D eigenvalue weighted by Gasteiger charge is -2.43. The van der Waals surface area contributed by atoms with Crippen LogP contribution in [0.5, 0.6) is 0 Å². The van der Waals surface area contributed by atoms with Crippen LogP contribution in [0.3, 0.4) is 0 Å². The topological polar surface area (TPSA) is 3.24 Å². The van der Waals surface area contributed by atoms with E-state index in [1.807, 2.05) is 6.07 Å². The Morgan fingerprint density at radius 3 is 3.00 bits per heavy atom. The second-order valence-electron chi connectivity index (χ2n) is 5.92. The maximum atomic E-state index is 6.39. The van der Waals surface area contributed by atoms with Gasteiger partial charge in [-0.1, -0.05) is 34.5 Å². The highest BCUT2D eigenvalue weighted by atomic mass is 79.9. The minimum Gasteiger partial charge on any atom is -0.303 e. The smallest absolute Gasteiger partial charge is 0.0441 e. The fourth-order valence-electron chi connectivity index (χ4n) is 3.89. The first-order chi connectivity index (χ1) is 9.20. The van der Waals surface area contributed by atoms with Crippen molar-refractivity contribution in [3.05, 3.63) is 32.8 Å². The van der Waals surface area contributed by atoms with Gasteiger partial charge in [0.25, 0.3) is 0 Å². The van der Waals surface area contributed by atoms with Crippen LogP contribution in [0.25, 0.3) is 0 Å². The maximum Gasteiger partial charge on any atom is 0.0441 e. The third-order valence-corrected chi connectivity index (χ3v) is 5.79. The summed E-state index contributed by atoms with van der Waals surface area (Å²) in [6.07, 6.45) is 5.00. The second kappa shape index (κ2) is 5.75. The molecule has 104 valence electrons. The van der Waals surface area contributed by atoms with Gasteiger partial charge in [-0.15, -0.1) is 0 Å². The molecular weight excluding hydrogens is 322 g/mol. The highest BCUT2D eigenvalue weighted by Crippen LogP contribution is 2.46. The van der Waals surface area contributed by atoms with E-state index in [-0.39, 0.29) is 0 Å². The number of nitrogens with zero attached hydrogens (tertiary/aromatic N) is 1. The van der Waals surface area contributed by atoms with Gasteiger partial charge in [-0.25, -0.2) is 0 Å². The number of hydrogen-bond acceptors (Lipinski definition) is 1. The highest BCUT2D eigenvalue weighted by molar-refractivity contribution is 9.10. The van der Waals surface area contributed by atoms with Crippen molar-refractivity contribution in [2.24, 2.45) is 5.92 Å². The second-order valence-corrected chi connectivity index (χ2v) is 7.18. The van der Waals surface area contributed by atoms with Crippen LogP contribution < -0.4 is 0 Å². The van der Waals surface area contributed by atoms with Crippen molar-refractivity contribution in [1.82, 2.24) is 4.90 Å². The minimum atomic E-state index is 0.713. The van der Waals surface area contributed by atoms with E-state index < -0.39 is 0 Å². The molecule has 0 unspecified atom stereocenters. The number of hydrogen-bond donors (Lipinski definition) is 0. The van der Waals surface area contributed by atoms with E-state index in [4.69, 9.17) is 11.6 Å². The Labute approximate surface area is 129 Å². The van der Waals surface area contributed by atoms with Gasteiger partial charge >= 0.3 is 0 Å². The molecule has 1 aromatic carbocycles. The van der Waals surface area contributed by atoms with E-state index in [0.717, 1.165) is 17.4 Å². The van der Waals surface area contributed by atoms with Crippen molar-refractivity contribution in [3.63, 3.8) is 0 Å². The van der Waals surface area contributed by atoms with Crippen LogP contribution in [-0.2, 0) is 6.42 Å². The molecule has 1 nitrogen and oxygen atoms in total. The Balaban J connectivity index is 1.88. The molecule has 0 spiro atoms. The molecule has 0 amide bonds. The van der Waals surface area contributed by atoms with Crippen molar-refractivity contribution in [3.8, 4) is 0 Å². The van der Waals surface area contributed by atoms with E-state index in [0.29, 0.717) is 5.92 Å². The first-order valence-electron chi connectivity index (χ1n) is 7.39. The first-order valence-corrected chi connectivity index (χ1v) is 8.57. The lowest BCUT2D eigenvalue weighted by molar-refractivity contribution is 0.141. The lowest BCUT2D eigenvalue weighted by Crippen LogP contribution is -2.41. The molecule has 0 aromatic heterocycles. The number of rotatable bonds is 2. The number of piperidine rings is 1. The average Bonchev–Trinajstić information content (AvgIpc) is 2.42. The van der Waals surface area contributed by atoms with Crippen LogP contribution in [0.2, 0.25) is 5.02 Å². The molecular formula is C16H21BrClN. The zero-order valence-corrected chi connectivity index (χ0v) is 13.8. The van der Waals surface area contributed by atoms with Crippen molar-refractivity contribution in [2.45, 2.75) is 38.5 Å². The molecule has 2 aliphatic rings. The SMILES string of the molecule is CCCN1CC[C@H]2c3c(Br)ccc(Cl)c3CC[C@@H]2C1. The van der Waals surface area contributed by atoms with Gasteiger partial charge in [0.1, 0.15) is 0 Å². The van der Waals surface area contributed by atoms with Crippen LogP contribution in [-0.4, -0.2) is 24.5 Å². The number of likely N-dealkylation sites (tertiary alicyclic amines) is 1. The van der Waals surface area contributed by atoms with Crippen LogP contribution in [0.4, 0.5) is 0 Å². The third-order valence-electron chi connectivity index (χ3n) is 4.74. The van der Waals surface area contributed by atoms with Crippen molar-refractivity contribution < 1.29 is 0 Å². The van der Waals surface area contributed by atoms with E-state index >= 15 is 0 Å². The van der Waals surface area contributed by atoms with Gasteiger partial charge in [-0.05, 0) is 73.9 Å². The predicted octanol–water partition coefficient (Wildman–Crippen LogP) is 4.86. The van der Waals surface area contributed by atoms with Gasteiger partial charge in [0.15, 0.2) is 0 Å². The van der Waals surface area contributed by atoms with Crippen LogP contribution >= 0.6 is 27.5 Å². The van der Waals surface area contributed by atoms with Crippen LogP contribution in [0, 0.1) is 5.92 Å². The third kappa shape index (κ3) is 2.59. The van der Waals surface area contributed by atoms with E-state index in [9.17, 15) is 0 Å². The van der Waals surface area contributed by atoms with Gasteiger partial charge in [0, 0.05) is 16.0 Å². The first kappa shape index (κ1) is 13.9. The molecule has 0 N–H and O–H groups in total. The molecule has 1 fully saturated rings. The molecule has 1 aliphatic carbocycles. The summed E-state index contributed by atoms with van der Waals surface area (Å²) in [7, 11) is 0. The number of fused-ring (bicyclic) bond motifs is 3. The quantitative estimate of drug-likeness (QED) is 0.741. The monoisotopic (exact) mass is 341 g/mol. The molecule has 0 bridgehead atoms. The van der Waals surface area contributed by atoms with Gasteiger partial charge < -0.3 is 4.90 Å². The van der Waals surface area contributed by atoms with Gasteiger partial charge in [-0.2, -0.15) is 0 Å². The molecule has 3 rings (SSSR count). The maximum absolute atomic E-state index is 6.39. The molecule has 19 heavy (non-hydrogen) atoms. The summed E-state index contributed by atoms with van der Waals surface area (Å²) in [4.78, 5) is 2.64. The summed E-state index contributed by atoms with van der Waals surface area (Å²) in [5, 5.41) is 0.965. The van der Waals surface area contributed by atoms with Crippen LogP contribution in [0.15, 0.2) is 16.6 Å². The Kier molecular flexibility index (Phi) is 4.21. The van der Waals surface area contributed by atoms with Crippen LogP contribution in [0.1, 0.15) is 43.2 Å². The molecule has 1 saturated heterocycles. The average molecular weight is 343 g/mol. The summed E-state index contributed by atoms with van der Waals surface area (Å²) >= 11 is 10.1. The zero-order valence-electron chi connectivity index (χ0n) is 11.5. The standard InChI is InChI=1S/C16H21BrClN/c1-2-8-19-9-7-12-11(10-19)3-4-13-15(18)6-5-14(17)16(12)13/h5-6,11-12H,2-4,7-10H2,1H3/t11-,12-/m1/s1. The fraction of sp³-hybridized carbons (Fsp3) is 0.625. The highest BCUT2D eigenvalue weighted by Gasteiger charge is 2.36. The zero-order chi connectivity index (χ0) is 13.4.